The van der Waals surface area contributed by atoms with Crippen LogP contribution in [0.5, 0.6) is 0 Å². The first-order valence-electron chi connectivity index (χ1n) is 4.17. The molecule has 0 fully saturated rings. The lowest BCUT2D eigenvalue weighted by Gasteiger charge is -2.09. The van der Waals surface area contributed by atoms with Gasteiger partial charge in [-0.1, -0.05) is 18.2 Å². The molecule has 0 atom stereocenters. The van der Waals surface area contributed by atoms with Crippen molar-refractivity contribution >= 4 is 0 Å². The van der Waals surface area contributed by atoms with Crippen molar-refractivity contribution in [3.05, 3.63) is 48.3 Å². The lowest BCUT2D eigenvalue weighted by atomic mass is 10.3. The van der Waals surface area contributed by atoms with Gasteiger partial charge in [0.25, 0.3) is 0 Å². The summed E-state index contributed by atoms with van der Waals surface area (Å²) in [6, 6.07) is 10.2. The SMILES string of the molecule is FC(F)(F)c1[c]cnn1-c1ccccc1. The van der Waals surface area contributed by atoms with Crippen LogP contribution < -0.4 is 0 Å². The standard InChI is InChI=1S/C10H6F3N2/c11-10(12,13)9-6-7-14-15(9)8-4-2-1-3-5-8/h1-5,7H. The van der Waals surface area contributed by atoms with Crippen LogP contribution in [-0.4, -0.2) is 9.78 Å². The van der Waals surface area contributed by atoms with E-state index in [1.807, 2.05) is 0 Å². The van der Waals surface area contributed by atoms with Crippen molar-refractivity contribution in [2.24, 2.45) is 0 Å². The smallest absolute Gasteiger partial charge is 0.228 e. The molecular weight excluding hydrogens is 205 g/mol. The highest BCUT2D eigenvalue weighted by Crippen LogP contribution is 2.29. The van der Waals surface area contributed by atoms with Crippen LogP contribution in [0, 0.1) is 6.07 Å². The zero-order chi connectivity index (χ0) is 10.9. The summed E-state index contributed by atoms with van der Waals surface area (Å²) in [6.07, 6.45) is -3.43. The molecule has 77 valence electrons. The second-order valence-corrected chi connectivity index (χ2v) is 2.88. The van der Waals surface area contributed by atoms with Crippen molar-refractivity contribution < 1.29 is 13.2 Å². The Morgan fingerprint density at radius 1 is 1.13 bits per heavy atom. The molecule has 2 nitrogen and oxygen atoms in total. The van der Waals surface area contributed by atoms with E-state index >= 15 is 0 Å². The molecule has 15 heavy (non-hydrogen) atoms. The molecule has 1 heterocycles. The first-order valence-corrected chi connectivity index (χ1v) is 4.17. The van der Waals surface area contributed by atoms with Gasteiger partial charge in [-0.3, -0.25) is 0 Å². The fourth-order valence-corrected chi connectivity index (χ4v) is 1.23. The van der Waals surface area contributed by atoms with E-state index in [0.29, 0.717) is 5.69 Å². The van der Waals surface area contributed by atoms with Gasteiger partial charge in [0.1, 0.15) is 0 Å². The van der Waals surface area contributed by atoms with Gasteiger partial charge in [0.2, 0.25) is 0 Å². The third-order valence-corrected chi connectivity index (χ3v) is 1.86. The van der Waals surface area contributed by atoms with Crippen LogP contribution in [0.1, 0.15) is 5.69 Å². The molecule has 1 aromatic carbocycles. The van der Waals surface area contributed by atoms with Crippen molar-refractivity contribution in [2.75, 3.05) is 0 Å². The lowest BCUT2D eigenvalue weighted by molar-refractivity contribution is -0.143. The molecule has 0 N–H and O–H groups in total. The fraction of sp³-hybridized carbons (Fsp3) is 0.100. The Labute approximate surface area is 84.0 Å². The van der Waals surface area contributed by atoms with Crippen LogP contribution in [0.2, 0.25) is 0 Å². The molecule has 1 aromatic heterocycles. The Hall–Kier alpha value is -1.78. The molecule has 0 saturated carbocycles. The molecule has 0 aliphatic heterocycles. The van der Waals surface area contributed by atoms with E-state index in [4.69, 9.17) is 0 Å². The van der Waals surface area contributed by atoms with Crippen molar-refractivity contribution in [2.45, 2.75) is 6.18 Å². The molecule has 0 aliphatic carbocycles. The molecule has 0 unspecified atom stereocenters. The van der Waals surface area contributed by atoms with Crippen molar-refractivity contribution in [3.63, 3.8) is 0 Å². The van der Waals surface area contributed by atoms with Gasteiger partial charge < -0.3 is 0 Å². The molecule has 2 aromatic rings. The van der Waals surface area contributed by atoms with E-state index < -0.39 is 11.9 Å². The predicted octanol–water partition coefficient (Wildman–Crippen LogP) is 2.69. The summed E-state index contributed by atoms with van der Waals surface area (Å²) >= 11 is 0. The molecule has 0 aliphatic rings. The van der Waals surface area contributed by atoms with E-state index in [1.54, 1.807) is 30.3 Å². The summed E-state index contributed by atoms with van der Waals surface area (Å²) in [5, 5.41) is 3.59. The highest BCUT2D eigenvalue weighted by atomic mass is 19.4. The summed E-state index contributed by atoms with van der Waals surface area (Å²) in [4.78, 5) is 0. The zero-order valence-corrected chi connectivity index (χ0v) is 7.49. The normalized spacial score (nSPS) is 11.7. The number of hydrogen-bond donors (Lipinski definition) is 0. The topological polar surface area (TPSA) is 17.8 Å². The Kier molecular flexibility index (Phi) is 2.22. The number of benzene rings is 1. The van der Waals surface area contributed by atoms with Crippen LogP contribution in [0.15, 0.2) is 36.5 Å². The first kappa shape index (κ1) is 9.76. The van der Waals surface area contributed by atoms with E-state index in [2.05, 4.69) is 11.2 Å². The quantitative estimate of drug-likeness (QED) is 0.709. The summed E-state index contributed by atoms with van der Waals surface area (Å²) in [6.45, 7) is 0. The van der Waals surface area contributed by atoms with Gasteiger partial charge in [-0.15, -0.1) is 0 Å². The number of alkyl halides is 3. The molecule has 1 radical (unpaired) electrons. The predicted molar refractivity (Wildman–Crippen MR) is 47.4 cm³/mol. The van der Waals surface area contributed by atoms with Crippen LogP contribution in [-0.2, 0) is 6.18 Å². The number of halogens is 3. The van der Waals surface area contributed by atoms with Crippen molar-refractivity contribution in [3.8, 4) is 5.69 Å². The minimum absolute atomic E-state index is 0.367. The number of hydrogen-bond acceptors (Lipinski definition) is 1. The largest absolute Gasteiger partial charge is 0.434 e. The molecule has 2 rings (SSSR count). The second kappa shape index (κ2) is 3.42. The van der Waals surface area contributed by atoms with Gasteiger partial charge in [-0.05, 0) is 12.1 Å². The van der Waals surface area contributed by atoms with Crippen LogP contribution in [0.4, 0.5) is 13.2 Å². The van der Waals surface area contributed by atoms with Crippen LogP contribution >= 0.6 is 0 Å². The van der Waals surface area contributed by atoms with Gasteiger partial charge in [-0.25, -0.2) is 4.68 Å². The maximum Gasteiger partial charge on any atom is 0.434 e. The van der Waals surface area contributed by atoms with Gasteiger partial charge in [0, 0.05) is 6.07 Å². The molecule has 0 saturated heterocycles. The fourth-order valence-electron chi connectivity index (χ4n) is 1.23. The maximum atomic E-state index is 12.5. The van der Waals surface area contributed by atoms with Gasteiger partial charge in [-0.2, -0.15) is 18.3 Å². The number of nitrogens with zero attached hydrogens (tertiary/aromatic N) is 2. The number of aromatic nitrogens is 2. The molecule has 0 bridgehead atoms. The third kappa shape index (κ3) is 1.86. The second-order valence-electron chi connectivity index (χ2n) is 2.88. The van der Waals surface area contributed by atoms with E-state index in [0.717, 1.165) is 10.9 Å². The highest BCUT2D eigenvalue weighted by Gasteiger charge is 2.35. The van der Waals surface area contributed by atoms with E-state index in [1.165, 1.54) is 0 Å². The molecule has 5 heteroatoms. The average Bonchev–Trinajstić information content (AvgIpc) is 2.67. The minimum Gasteiger partial charge on any atom is -0.228 e. The third-order valence-electron chi connectivity index (χ3n) is 1.86. The zero-order valence-electron chi connectivity index (χ0n) is 7.49. The lowest BCUT2D eigenvalue weighted by Crippen LogP contribution is -2.13. The Morgan fingerprint density at radius 2 is 1.80 bits per heavy atom. The van der Waals surface area contributed by atoms with Gasteiger partial charge in [0.05, 0.1) is 11.9 Å². The van der Waals surface area contributed by atoms with E-state index in [-0.39, 0.29) is 0 Å². The molecule has 0 spiro atoms. The number of rotatable bonds is 1. The van der Waals surface area contributed by atoms with E-state index in [9.17, 15) is 13.2 Å². The maximum absolute atomic E-state index is 12.5. The molecular formula is C10H6F3N2. The minimum atomic E-state index is -4.44. The Bertz CT molecular complexity index is 445. The summed E-state index contributed by atoms with van der Waals surface area (Å²) < 4.78 is 38.2. The van der Waals surface area contributed by atoms with Crippen molar-refractivity contribution in [1.82, 2.24) is 9.78 Å². The summed E-state index contributed by atoms with van der Waals surface area (Å²) in [5.74, 6) is 0. The monoisotopic (exact) mass is 211 g/mol. The molecule has 0 amide bonds. The Balaban J connectivity index is 2.51. The van der Waals surface area contributed by atoms with Crippen molar-refractivity contribution in [1.29, 1.82) is 0 Å². The number of para-hydroxylation sites is 1. The summed E-state index contributed by atoms with van der Waals surface area (Å²) in [7, 11) is 0. The highest BCUT2D eigenvalue weighted by molar-refractivity contribution is 5.32. The van der Waals surface area contributed by atoms with Crippen LogP contribution in [0.25, 0.3) is 5.69 Å². The average molecular weight is 211 g/mol. The van der Waals surface area contributed by atoms with Gasteiger partial charge >= 0.3 is 6.18 Å². The Morgan fingerprint density at radius 3 is 2.40 bits per heavy atom. The first-order chi connectivity index (χ1) is 7.09. The van der Waals surface area contributed by atoms with Crippen LogP contribution in [0.3, 0.4) is 0 Å². The van der Waals surface area contributed by atoms with Gasteiger partial charge in [0.15, 0.2) is 5.69 Å². The summed E-state index contributed by atoms with van der Waals surface area (Å²) in [5.41, 5.74) is -0.528.